The van der Waals surface area contributed by atoms with Crippen molar-refractivity contribution in [2.75, 3.05) is 31.1 Å². The van der Waals surface area contributed by atoms with E-state index in [1.165, 1.54) is 0 Å². The number of anilines is 1. The maximum Gasteiger partial charge on any atom is 0.393 e. The Morgan fingerprint density at radius 3 is 2.84 bits per heavy atom. The fourth-order valence-corrected chi connectivity index (χ4v) is 4.81. The van der Waals surface area contributed by atoms with Crippen LogP contribution in [0.5, 0.6) is 0 Å². The lowest BCUT2D eigenvalue weighted by molar-refractivity contribution is -0.180. The van der Waals surface area contributed by atoms with Crippen molar-refractivity contribution in [1.82, 2.24) is 15.3 Å². The highest BCUT2D eigenvalue weighted by molar-refractivity contribution is 5.92. The van der Waals surface area contributed by atoms with Gasteiger partial charge in [0, 0.05) is 43.6 Å². The van der Waals surface area contributed by atoms with Gasteiger partial charge in [0.2, 0.25) is 0 Å². The normalized spacial score (nSPS) is 25.7. The van der Waals surface area contributed by atoms with Gasteiger partial charge in [0.1, 0.15) is 0 Å². The number of ketones is 1. The molecule has 4 rings (SSSR count). The Labute approximate surface area is 178 Å². The van der Waals surface area contributed by atoms with E-state index in [2.05, 4.69) is 15.3 Å². The molecule has 2 fully saturated rings. The van der Waals surface area contributed by atoms with Crippen LogP contribution in [0.4, 0.5) is 23.2 Å². The van der Waals surface area contributed by atoms with Crippen LogP contribution in [0, 0.1) is 24.7 Å². The van der Waals surface area contributed by atoms with E-state index in [4.69, 9.17) is 0 Å². The Hall–Kier alpha value is -2.29. The maximum atomic E-state index is 14.6. The summed E-state index contributed by atoms with van der Waals surface area (Å²) in [5.74, 6) is -3.14. The Balaban J connectivity index is 1.59. The number of carbonyl (C=O) groups excluding carboxylic acids is 1. The van der Waals surface area contributed by atoms with Crippen molar-refractivity contribution in [3.8, 4) is 0 Å². The van der Waals surface area contributed by atoms with Crippen molar-refractivity contribution in [3.05, 3.63) is 30.2 Å². The molecule has 2 aromatic rings. The second-order valence-corrected chi connectivity index (χ2v) is 8.70. The van der Waals surface area contributed by atoms with Crippen molar-refractivity contribution in [3.63, 3.8) is 0 Å². The summed E-state index contributed by atoms with van der Waals surface area (Å²) in [6, 6.07) is 3.55. The van der Waals surface area contributed by atoms with Crippen LogP contribution in [-0.2, 0) is 4.79 Å². The minimum absolute atomic E-state index is 0.170. The highest BCUT2D eigenvalue weighted by Gasteiger charge is 2.45. The number of nitrogens with zero attached hydrogens (tertiary/aromatic N) is 3. The van der Waals surface area contributed by atoms with E-state index in [1.807, 2.05) is 6.07 Å². The van der Waals surface area contributed by atoms with Gasteiger partial charge in [-0.15, -0.1) is 0 Å². The summed E-state index contributed by atoms with van der Waals surface area (Å²) >= 11 is 0. The number of aromatic nitrogens is 2. The Kier molecular flexibility index (Phi) is 6.14. The summed E-state index contributed by atoms with van der Waals surface area (Å²) in [6.07, 6.45) is -2.61. The molecular formula is C22H26F4N4O. The standard InChI is InChI=1S/C22H26F4N4O/c1-13-21-17(3-2-5-28-21)18(10-29-13)30-11-14(7-16(12-30)22(24,25)26)8-19(31)20(23)15-4-6-27-9-15/h2-3,5,10,14-16,20,27H,4,6-9,11-12H2,1H3/t14-,15?,16-,20?/m0/s1. The van der Waals surface area contributed by atoms with Gasteiger partial charge >= 0.3 is 6.18 Å². The van der Waals surface area contributed by atoms with E-state index in [1.54, 1.807) is 30.3 Å². The summed E-state index contributed by atoms with van der Waals surface area (Å²) in [7, 11) is 0. The number of hydrogen-bond donors (Lipinski definition) is 1. The monoisotopic (exact) mass is 438 g/mol. The third-order valence-electron chi connectivity index (χ3n) is 6.46. The van der Waals surface area contributed by atoms with E-state index in [9.17, 15) is 22.4 Å². The van der Waals surface area contributed by atoms with E-state index >= 15 is 0 Å². The van der Waals surface area contributed by atoms with Crippen LogP contribution in [0.15, 0.2) is 24.5 Å². The fourth-order valence-electron chi connectivity index (χ4n) is 4.81. The summed E-state index contributed by atoms with van der Waals surface area (Å²) in [5.41, 5.74) is 1.90. The Morgan fingerprint density at radius 1 is 1.32 bits per heavy atom. The first-order chi connectivity index (χ1) is 14.7. The number of halogens is 4. The van der Waals surface area contributed by atoms with Gasteiger partial charge in [-0.1, -0.05) is 0 Å². The van der Waals surface area contributed by atoms with E-state index in [0.29, 0.717) is 36.4 Å². The third-order valence-corrected chi connectivity index (χ3v) is 6.46. The molecule has 0 bridgehead atoms. The van der Waals surface area contributed by atoms with Crippen LogP contribution < -0.4 is 10.2 Å². The van der Waals surface area contributed by atoms with Crippen molar-refractivity contribution in [2.24, 2.45) is 17.8 Å². The number of alkyl halides is 4. The zero-order valence-corrected chi connectivity index (χ0v) is 17.3. The predicted octanol–water partition coefficient (Wildman–Crippen LogP) is 3.85. The van der Waals surface area contributed by atoms with Crippen LogP contribution in [0.3, 0.4) is 0 Å². The SMILES string of the molecule is Cc1ncc(N2C[C@H](CC(=O)C(F)C3CCNC3)C[C@H](C(F)(F)F)C2)c2cccnc12. The topological polar surface area (TPSA) is 58.1 Å². The molecule has 2 aliphatic heterocycles. The molecule has 0 radical (unpaired) electrons. The smallest absolute Gasteiger partial charge is 0.369 e. The van der Waals surface area contributed by atoms with Crippen molar-refractivity contribution >= 4 is 22.4 Å². The van der Waals surface area contributed by atoms with Crippen LogP contribution in [0.1, 0.15) is 25.0 Å². The Morgan fingerprint density at radius 2 is 2.13 bits per heavy atom. The second kappa shape index (κ2) is 8.68. The van der Waals surface area contributed by atoms with Gasteiger partial charge < -0.3 is 10.2 Å². The van der Waals surface area contributed by atoms with Gasteiger partial charge in [-0.05, 0) is 44.4 Å². The number of carbonyl (C=O) groups is 1. The zero-order valence-electron chi connectivity index (χ0n) is 17.3. The lowest BCUT2D eigenvalue weighted by Crippen LogP contribution is -2.47. The molecule has 9 heteroatoms. The van der Waals surface area contributed by atoms with Gasteiger partial charge in [-0.3, -0.25) is 14.8 Å². The van der Waals surface area contributed by atoms with E-state index in [0.717, 1.165) is 5.39 Å². The molecule has 31 heavy (non-hydrogen) atoms. The molecule has 0 amide bonds. The number of piperidine rings is 1. The molecule has 5 nitrogen and oxygen atoms in total. The number of hydrogen-bond acceptors (Lipinski definition) is 5. The molecule has 0 aliphatic carbocycles. The summed E-state index contributed by atoms with van der Waals surface area (Å²) < 4.78 is 55.7. The first-order valence-electron chi connectivity index (χ1n) is 10.6. The summed E-state index contributed by atoms with van der Waals surface area (Å²) in [4.78, 5) is 22.8. The fraction of sp³-hybridized carbons (Fsp3) is 0.591. The minimum Gasteiger partial charge on any atom is -0.369 e. The molecule has 2 saturated heterocycles. The molecule has 1 N–H and O–H groups in total. The van der Waals surface area contributed by atoms with E-state index in [-0.39, 0.29) is 31.8 Å². The molecule has 0 spiro atoms. The van der Waals surface area contributed by atoms with Crippen LogP contribution in [-0.4, -0.2) is 54.3 Å². The van der Waals surface area contributed by atoms with Crippen molar-refractivity contribution < 1.29 is 22.4 Å². The summed E-state index contributed by atoms with van der Waals surface area (Å²) in [5, 5.41) is 3.75. The average molecular weight is 438 g/mol. The van der Waals surface area contributed by atoms with Gasteiger partial charge in [0.05, 0.1) is 29.0 Å². The largest absolute Gasteiger partial charge is 0.393 e. The van der Waals surface area contributed by atoms with Gasteiger partial charge in [-0.25, -0.2) is 4.39 Å². The van der Waals surface area contributed by atoms with Crippen molar-refractivity contribution in [2.45, 2.75) is 38.5 Å². The van der Waals surface area contributed by atoms with Crippen molar-refractivity contribution in [1.29, 1.82) is 0 Å². The molecule has 2 aliphatic rings. The van der Waals surface area contributed by atoms with Gasteiger partial charge in [0.15, 0.2) is 12.0 Å². The third kappa shape index (κ3) is 4.66. The first-order valence-corrected chi connectivity index (χ1v) is 10.6. The maximum absolute atomic E-state index is 14.6. The number of pyridine rings is 2. The molecule has 2 aromatic heterocycles. The lowest BCUT2D eigenvalue weighted by Gasteiger charge is -2.40. The second-order valence-electron chi connectivity index (χ2n) is 8.70. The number of fused-ring (bicyclic) bond motifs is 1. The van der Waals surface area contributed by atoms with Crippen LogP contribution >= 0.6 is 0 Å². The zero-order chi connectivity index (χ0) is 22.2. The van der Waals surface area contributed by atoms with Crippen LogP contribution in [0.25, 0.3) is 10.9 Å². The van der Waals surface area contributed by atoms with E-state index < -0.39 is 30.0 Å². The predicted molar refractivity (Wildman–Crippen MR) is 110 cm³/mol. The molecule has 4 atom stereocenters. The molecule has 168 valence electrons. The van der Waals surface area contributed by atoms with Gasteiger partial charge in [0.25, 0.3) is 0 Å². The lowest BCUT2D eigenvalue weighted by atomic mass is 9.83. The highest BCUT2D eigenvalue weighted by atomic mass is 19.4. The molecular weight excluding hydrogens is 412 g/mol. The highest BCUT2D eigenvalue weighted by Crippen LogP contribution is 2.40. The first kappa shape index (κ1) is 21.9. The number of aryl methyl sites for hydroxylation is 1. The number of nitrogens with one attached hydrogen (secondary N) is 1. The number of Topliss-reactive ketones (excluding diaryl/α,β-unsaturated/α-hetero) is 1. The summed E-state index contributed by atoms with van der Waals surface area (Å²) in [6.45, 7) is 2.93. The number of rotatable bonds is 5. The average Bonchev–Trinajstić information content (AvgIpc) is 3.27. The molecule has 0 aromatic carbocycles. The minimum atomic E-state index is -4.39. The Bertz CT molecular complexity index is 945. The quantitative estimate of drug-likeness (QED) is 0.719. The van der Waals surface area contributed by atoms with Crippen LogP contribution in [0.2, 0.25) is 0 Å². The van der Waals surface area contributed by atoms with Gasteiger partial charge in [-0.2, -0.15) is 13.2 Å². The molecule has 4 heterocycles. The molecule has 0 saturated carbocycles. The molecule has 2 unspecified atom stereocenters.